The molecule has 0 saturated carbocycles. The van der Waals surface area contributed by atoms with Gasteiger partial charge < -0.3 is 10.5 Å². The van der Waals surface area contributed by atoms with Gasteiger partial charge in [-0.3, -0.25) is 0 Å². The van der Waals surface area contributed by atoms with E-state index in [1.165, 1.54) is 4.88 Å². The molecule has 4 heteroatoms. The van der Waals surface area contributed by atoms with E-state index in [1.807, 2.05) is 19.1 Å². The molecular formula is C10H16ClNOS. The van der Waals surface area contributed by atoms with Crippen molar-refractivity contribution in [2.24, 2.45) is 5.73 Å². The summed E-state index contributed by atoms with van der Waals surface area (Å²) in [6.45, 7) is 2.03. The Morgan fingerprint density at radius 2 is 2.29 bits per heavy atom. The van der Waals surface area contributed by atoms with Crippen molar-refractivity contribution in [3.05, 3.63) is 21.3 Å². The van der Waals surface area contributed by atoms with Gasteiger partial charge >= 0.3 is 0 Å². The highest BCUT2D eigenvalue weighted by Crippen LogP contribution is 2.22. The first kappa shape index (κ1) is 12.0. The Morgan fingerprint density at radius 3 is 2.79 bits per heavy atom. The number of halogens is 1. The molecule has 80 valence electrons. The zero-order chi connectivity index (χ0) is 10.6. The summed E-state index contributed by atoms with van der Waals surface area (Å²) in [7, 11) is 1.71. The molecule has 0 aliphatic carbocycles. The Kier molecular flexibility index (Phi) is 4.89. The van der Waals surface area contributed by atoms with Gasteiger partial charge in [0.2, 0.25) is 0 Å². The van der Waals surface area contributed by atoms with Gasteiger partial charge in [-0.1, -0.05) is 11.6 Å². The summed E-state index contributed by atoms with van der Waals surface area (Å²) in [4.78, 5) is 1.24. The third-order valence-electron chi connectivity index (χ3n) is 2.13. The van der Waals surface area contributed by atoms with Crippen LogP contribution in [0.4, 0.5) is 0 Å². The van der Waals surface area contributed by atoms with E-state index in [9.17, 15) is 0 Å². The Hall–Kier alpha value is -0.0900. The lowest BCUT2D eigenvalue weighted by Crippen LogP contribution is -2.27. The molecule has 2 unspecified atom stereocenters. The third-order valence-corrected chi connectivity index (χ3v) is 3.38. The average molecular weight is 234 g/mol. The molecule has 1 aromatic heterocycles. The highest BCUT2D eigenvalue weighted by Gasteiger charge is 2.10. The zero-order valence-corrected chi connectivity index (χ0v) is 10.1. The summed E-state index contributed by atoms with van der Waals surface area (Å²) in [5.41, 5.74) is 5.98. The van der Waals surface area contributed by atoms with Gasteiger partial charge in [0.1, 0.15) is 0 Å². The van der Waals surface area contributed by atoms with Crippen LogP contribution < -0.4 is 5.73 Å². The van der Waals surface area contributed by atoms with Crippen LogP contribution in [0.5, 0.6) is 0 Å². The zero-order valence-electron chi connectivity index (χ0n) is 8.50. The molecule has 0 radical (unpaired) electrons. The SMILES string of the molecule is COC(C)CC(N)Cc1ccc(Cl)s1. The molecule has 0 saturated heterocycles. The largest absolute Gasteiger partial charge is 0.382 e. The van der Waals surface area contributed by atoms with Crippen molar-refractivity contribution in [3.8, 4) is 0 Å². The van der Waals surface area contributed by atoms with Crippen molar-refractivity contribution < 1.29 is 4.74 Å². The van der Waals surface area contributed by atoms with Crippen LogP contribution in [0.15, 0.2) is 12.1 Å². The second-order valence-electron chi connectivity index (χ2n) is 3.45. The average Bonchev–Trinajstić information content (AvgIpc) is 2.50. The highest BCUT2D eigenvalue weighted by atomic mass is 35.5. The minimum atomic E-state index is 0.152. The van der Waals surface area contributed by atoms with Gasteiger partial charge in [0.15, 0.2) is 0 Å². The maximum Gasteiger partial charge on any atom is 0.0931 e. The summed E-state index contributed by atoms with van der Waals surface area (Å²) in [5, 5.41) is 0. The topological polar surface area (TPSA) is 35.2 Å². The van der Waals surface area contributed by atoms with E-state index in [0.717, 1.165) is 17.2 Å². The first-order chi connectivity index (χ1) is 6.61. The van der Waals surface area contributed by atoms with Gasteiger partial charge in [-0.15, -0.1) is 11.3 Å². The first-order valence-corrected chi connectivity index (χ1v) is 5.84. The van der Waals surface area contributed by atoms with Crippen LogP contribution in [-0.4, -0.2) is 19.3 Å². The fourth-order valence-electron chi connectivity index (χ4n) is 1.33. The molecule has 0 spiro atoms. The van der Waals surface area contributed by atoms with Gasteiger partial charge in [-0.25, -0.2) is 0 Å². The number of ether oxygens (including phenoxy) is 1. The number of thiophene rings is 1. The van der Waals surface area contributed by atoms with Crippen LogP contribution in [0.3, 0.4) is 0 Å². The molecule has 0 amide bonds. The second-order valence-corrected chi connectivity index (χ2v) is 5.25. The van der Waals surface area contributed by atoms with Crippen molar-refractivity contribution >= 4 is 22.9 Å². The van der Waals surface area contributed by atoms with Crippen molar-refractivity contribution in [1.82, 2.24) is 0 Å². The Morgan fingerprint density at radius 1 is 1.57 bits per heavy atom. The lowest BCUT2D eigenvalue weighted by molar-refractivity contribution is 0.105. The molecule has 14 heavy (non-hydrogen) atoms. The molecule has 2 atom stereocenters. The van der Waals surface area contributed by atoms with Gasteiger partial charge in [0.25, 0.3) is 0 Å². The third kappa shape index (κ3) is 3.96. The van der Waals surface area contributed by atoms with E-state index in [1.54, 1.807) is 18.4 Å². The van der Waals surface area contributed by atoms with E-state index >= 15 is 0 Å². The van der Waals surface area contributed by atoms with Crippen molar-refractivity contribution in [3.63, 3.8) is 0 Å². The smallest absolute Gasteiger partial charge is 0.0931 e. The van der Waals surface area contributed by atoms with Crippen LogP contribution in [0, 0.1) is 0 Å². The highest BCUT2D eigenvalue weighted by molar-refractivity contribution is 7.16. The van der Waals surface area contributed by atoms with E-state index in [0.29, 0.717) is 0 Å². The number of nitrogens with two attached hydrogens (primary N) is 1. The molecule has 1 heterocycles. The minimum absolute atomic E-state index is 0.152. The molecule has 2 nitrogen and oxygen atoms in total. The summed E-state index contributed by atoms with van der Waals surface area (Å²) < 4.78 is 5.99. The summed E-state index contributed by atoms with van der Waals surface area (Å²) in [5.74, 6) is 0. The quantitative estimate of drug-likeness (QED) is 0.849. The number of hydrogen-bond donors (Lipinski definition) is 1. The number of hydrogen-bond acceptors (Lipinski definition) is 3. The summed E-state index contributed by atoms with van der Waals surface area (Å²) in [6, 6.07) is 4.10. The van der Waals surface area contributed by atoms with E-state index in [4.69, 9.17) is 22.1 Å². The molecule has 0 aliphatic heterocycles. The van der Waals surface area contributed by atoms with E-state index in [2.05, 4.69) is 0 Å². The van der Waals surface area contributed by atoms with Crippen LogP contribution in [0.25, 0.3) is 0 Å². The molecule has 0 bridgehead atoms. The first-order valence-electron chi connectivity index (χ1n) is 4.64. The van der Waals surface area contributed by atoms with E-state index < -0.39 is 0 Å². The van der Waals surface area contributed by atoms with Gasteiger partial charge in [0, 0.05) is 18.0 Å². The molecule has 1 rings (SSSR count). The maximum absolute atomic E-state index is 5.98. The molecule has 0 aliphatic rings. The standard InChI is InChI=1S/C10H16ClNOS/c1-7(13-2)5-8(12)6-9-3-4-10(11)14-9/h3-4,7-8H,5-6,12H2,1-2H3. The van der Waals surface area contributed by atoms with Crippen LogP contribution in [-0.2, 0) is 11.2 Å². The summed E-state index contributed by atoms with van der Waals surface area (Å²) >= 11 is 7.43. The van der Waals surface area contributed by atoms with Gasteiger partial charge in [-0.05, 0) is 31.9 Å². The fraction of sp³-hybridized carbons (Fsp3) is 0.600. The predicted molar refractivity (Wildman–Crippen MR) is 62.1 cm³/mol. The predicted octanol–water partition coefficient (Wildman–Crippen LogP) is 2.70. The van der Waals surface area contributed by atoms with Crippen molar-refractivity contribution in [1.29, 1.82) is 0 Å². The number of rotatable bonds is 5. The van der Waals surface area contributed by atoms with Gasteiger partial charge in [0.05, 0.1) is 10.4 Å². The second kappa shape index (κ2) is 5.71. The Bertz CT molecular complexity index is 277. The Labute approximate surface area is 94.0 Å². The van der Waals surface area contributed by atoms with Gasteiger partial charge in [-0.2, -0.15) is 0 Å². The fourth-order valence-corrected chi connectivity index (χ4v) is 2.51. The van der Waals surface area contributed by atoms with Crippen molar-refractivity contribution in [2.75, 3.05) is 7.11 Å². The van der Waals surface area contributed by atoms with Crippen LogP contribution >= 0.6 is 22.9 Å². The maximum atomic E-state index is 5.98. The minimum Gasteiger partial charge on any atom is -0.382 e. The molecular weight excluding hydrogens is 218 g/mol. The Balaban J connectivity index is 2.37. The summed E-state index contributed by atoms with van der Waals surface area (Å²) in [6.07, 6.45) is 1.98. The van der Waals surface area contributed by atoms with E-state index in [-0.39, 0.29) is 12.1 Å². The lowest BCUT2D eigenvalue weighted by atomic mass is 10.1. The molecule has 1 aromatic rings. The molecule has 0 aromatic carbocycles. The normalized spacial score (nSPS) is 15.4. The number of methoxy groups -OCH3 is 1. The van der Waals surface area contributed by atoms with Crippen LogP contribution in [0.1, 0.15) is 18.2 Å². The molecule has 2 N–H and O–H groups in total. The lowest BCUT2D eigenvalue weighted by Gasteiger charge is -2.15. The van der Waals surface area contributed by atoms with Crippen molar-refractivity contribution in [2.45, 2.75) is 31.9 Å². The monoisotopic (exact) mass is 233 g/mol. The molecule has 0 fully saturated rings. The van der Waals surface area contributed by atoms with Crippen LogP contribution in [0.2, 0.25) is 4.34 Å².